The molecular weight excluding hydrogens is 354 g/mol. The molecule has 7 heteroatoms. The fourth-order valence-electron chi connectivity index (χ4n) is 3.11. The molecule has 0 radical (unpaired) electrons. The normalized spacial score (nSPS) is 12.2. The van der Waals surface area contributed by atoms with E-state index >= 15 is 0 Å². The zero-order valence-corrected chi connectivity index (χ0v) is 16.3. The lowest BCUT2D eigenvalue weighted by molar-refractivity contribution is 0.232. The van der Waals surface area contributed by atoms with Gasteiger partial charge in [-0.1, -0.05) is 18.2 Å². The van der Waals surface area contributed by atoms with Crippen LogP contribution in [0.4, 0.5) is 4.79 Å². The number of pyridine rings is 1. The fraction of sp³-hybridized carbons (Fsp3) is 0.333. The number of fused-ring (bicyclic) bond motifs is 1. The van der Waals surface area contributed by atoms with Gasteiger partial charge in [0, 0.05) is 25.3 Å². The summed E-state index contributed by atoms with van der Waals surface area (Å²) >= 11 is 0. The third-order valence-electron chi connectivity index (χ3n) is 4.82. The molecule has 3 rings (SSSR count). The second kappa shape index (κ2) is 9.23. The summed E-state index contributed by atoms with van der Waals surface area (Å²) in [5.74, 6) is 0.258. The van der Waals surface area contributed by atoms with Crippen molar-refractivity contribution in [3.05, 3.63) is 66.0 Å². The number of carbonyl (C=O) groups is 1. The van der Waals surface area contributed by atoms with Crippen LogP contribution in [0.5, 0.6) is 5.75 Å². The molecule has 3 aromatic rings. The van der Waals surface area contributed by atoms with Crippen molar-refractivity contribution in [2.75, 3.05) is 27.2 Å². The molecule has 2 amide bonds. The summed E-state index contributed by atoms with van der Waals surface area (Å²) in [6, 6.07) is 13.1. The van der Waals surface area contributed by atoms with E-state index in [9.17, 15) is 9.90 Å². The second-order valence-electron chi connectivity index (χ2n) is 7.08. The van der Waals surface area contributed by atoms with E-state index in [1.165, 1.54) is 0 Å². The molecule has 0 fully saturated rings. The number of aromatic hydroxyl groups is 1. The lowest BCUT2D eigenvalue weighted by atomic mass is 10.1. The van der Waals surface area contributed by atoms with E-state index in [-0.39, 0.29) is 17.8 Å². The van der Waals surface area contributed by atoms with Gasteiger partial charge in [-0.3, -0.25) is 0 Å². The number of phenols is 1. The molecule has 7 nitrogen and oxygen atoms in total. The Balaban J connectivity index is 1.44. The molecule has 0 saturated heterocycles. The summed E-state index contributed by atoms with van der Waals surface area (Å²) in [6.07, 6.45) is 5.27. The third kappa shape index (κ3) is 5.23. The van der Waals surface area contributed by atoms with Gasteiger partial charge in [-0.05, 0) is 62.3 Å². The van der Waals surface area contributed by atoms with Gasteiger partial charge in [-0.25, -0.2) is 9.31 Å². The predicted octanol–water partition coefficient (Wildman–Crippen LogP) is 2.05. The summed E-state index contributed by atoms with van der Waals surface area (Å²) in [5, 5.41) is 19.6. The standard InChI is InChI=1S/C21H27N5O2/c1-25(2)18(13-16-6-8-19(27)9-7-16)15-23-21(28)22-11-10-17-14-24-26-12-4-3-5-20(17)26/h3-9,12,14,18,27H,10-11,13,15H2,1-2H3,(H2,22,23,28)/t18-/m0/s1. The molecule has 1 atom stereocenters. The molecule has 0 aliphatic carbocycles. The lowest BCUT2D eigenvalue weighted by Crippen LogP contribution is -2.45. The van der Waals surface area contributed by atoms with E-state index in [0.717, 1.165) is 29.5 Å². The number of carbonyl (C=O) groups excluding carboxylic acids is 1. The number of rotatable bonds is 8. The van der Waals surface area contributed by atoms with Crippen LogP contribution in [0.2, 0.25) is 0 Å². The average Bonchev–Trinajstić information content (AvgIpc) is 3.09. The number of nitrogens with zero attached hydrogens (tertiary/aromatic N) is 3. The van der Waals surface area contributed by atoms with Crippen LogP contribution in [-0.2, 0) is 12.8 Å². The highest BCUT2D eigenvalue weighted by Crippen LogP contribution is 2.13. The minimum atomic E-state index is -0.172. The van der Waals surface area contributed by atoms with Gasteiger partial charge in [0.05, 0.1) is 11.7 Å². The van der Waals surface area contributed by atoms with Crippen molar-refractivity contribution in [2.45, 2.75) is 18.9 Å². The van der Waals surface area contributed by atoms with Crippen molar-refractivity contribution < 1.29 is 9.90 Å². The van der Waals surface area contributed by atoms with Crippen molar-refractivity contribution in [1.82, 2.24) is 25.1 Å². The molecule has 0 bridgehead atoms. The first-order valence-electron chi connectivity index (χ1n) is 9.40. The van der Waals surface area contributed by atoms with E-state index in [0.29, 0.717) is 13.1 Å². The van der Waals surface area contributed by atoms with Crippen molar-refractivity contribution in [1.29, 1.82) is 0 Å². The lowest BCUT2D eigenvalue weighted by Gasteiger charge is -2.25. The number of hydrogen-bond acceptors (Lipinski definition) is 4. The largest absolute Gasteiger partial charge is 0.508 e. The molecule has 1 aromatic carbocycles. The zero-order valence-electron chi connectivity index (χ0n) is 16.3. The molecule has 0 spiro atoms. The maximum Gasteiger partial charge on any atom is 0.314 e. The first-order valence-corrected chi connectivity index (χ1v) is 9.40. The first kappa shape index (κ1) is 19.7. The number of amides is 2. The van der Waals surface area contributed by atoms with Crippen LogP contribution in [0.25, 0.3) is 5.52 Å². The van der Waals surface area contributed by atoms with Gasteiger partial charge in [-0.2, -0.15) is 5.10 Å². The van der Waals surface area contributed by atoms with Crippen LogP contribution in [0.1, 0.15) is 11.1 Å². The van der Waals surface area contributed by atoms with Crippen LogP contribution in [0.3, 0.4) is 0 Å². The monoisotopic (exact) mass is 381 g/mol. The van der Waals surface area contributed by atoms with Gasteiger partial charge in [0.25, 0.3) is 0 Å². The number of phenolic OH excluding ortho intramolecular Hbond substituents is 1. The number of hydrogen-bond donors (Lipinski definition) is 3. The van der Waals surface area contributed by atoms with E-state index in [1.807, 2.05) is 61.3 Å². The Bertz CT molecular complexity index is 905. The maximum atomic E-state index is 12.2. The number of benzene rings is 1. The topological polar surface area (TPSA) is 81.9 Å². The van der Waals surface area contributed by atoms with E-state index < -0.39 is 0 Å². The molecule has 2 aromatic heterocycles. The molecule has 2 heterocycles. The van der Waals surface area contributed by atoms with Gasteiger partial charge in [0.1, 0.15) is 5.75 Å². The van der Waals surface area contributed by atoms with Crippen LogP contribution in [-0.4, -0.2) is 58.9 Å². The molecule has 3 N–H and O–H groups in total. The van der Waals surface area contributed by atoms with E-state index in [1.54, 1.807) is 12.1 Å². The van der Waals surface area contributed by atoms with Crippen LogP contribution >= 0.6 is 0 Å². The molecule has 0 saturated carbocycles. The van der Waals surface area contributed by atoms with Crippen LogP contribution in [0, 0.1) is 0 Å². The van der Waals surface area contributed by atoms with E-state index in [4.69, 9.17) is 0 Å². The third-order valence-corrected chi connectivity index (χ3v) is 4.82. The van der Waals surface area contributed by atoms with Crippen molar-refractivity contribution in [3.8, 4) is 5.75 Å². The average molecular weight is 381 g/mol. The number of aromatic nitrogens is 2. The quantitative estimate of drug-likeness (QED) is 0.558. The zero-order chi connectivity index (χ0) is 19.9. The van der Waals surface area contributed by atoms with Gasteiger partial charge in [0.2, 0.25) is 0 Å². The summed E-state index contributed by atoms with van der Waals surface area (Å²) in [5.41, 5.74) is 3.29. The maximum absolute atomic E-state index is 12.2. The SMILES string of the molecule is CN(C)[C@H](CNC(=O)NCCc1cnn2ccccc12)Cc1ccc(O)cc1. The Labute approximate surface area is 165 Å². The highest BCUT2D eigenvalue weighted by Gasteiger charge is 2.14. The Morgan fingerprint density at radius 3 is 2.71 bits per heavy atom. The summed E-state index contributed by atoms with van der Waals surface area (Å²) in [6.45, 7) is 1.09. The molecule has 28 heavy (non-hydrogen) atoms. The summed E-state index contributed by atoms with van der Waals surface area (Å²) in [4.78, 5) is 14.3. The molecule has 0 aliphatic heterocycles. The minimum absolute atomic E-state index is 0.162. The molecule has 148 valence electrons. The molecule has 0 unspecified atom stereocenters. The highest BCUT2D eigenvalue weighted by molar-refractivity contribution is 5.73. The molecular formula is C21H27N5O2. The number of urea groups is 1. The van der Waals surface area contributed by atoms with Crippen LogP contribution in [0.15, 0.2) is 54.9 Å². The molecule has 0 aliphatic rings. The highest BCUT2D eigenvalue weighted by atomic mass is 16.3. The van der Waals surface area contributed by atoms with Crippen molar-refractivity contribution >= 4 is 11.5 Å². The van der Waals surface area contributed by atoms with Crippen molar-refractivity contribution in [2.24, 2.45) is 0 Å². The first-order chi connectivity index (χ1) is 13.5. The fourth-order valence-corrected chi connectivity index (χ4v) is 3.11. The Hall–Kier alpha value is -3.06. The second-order valence-corrected chi connectivity index (χ2v) is 7.08. The number of likely N-dealkylation sites (N-methyl/N-ethyl adjacent to an activating group) is 1. The summed E-state index contributed by atoms with van der Waals surface area (Å²) in [7, 11) is 3.99. The van der Waals surface area contributed by atoms with Gasteiger partial charge in [0.15, 0.2) is 0 Å². The van der Waals surface area contributed by atoms with Gasteiger partial charge < -0.3 is 20.6 Å². The minimum Gasteiger partial charge on any atom is -0.508 e. The van der Waals surface area contributed by atoms with Crippen LogP contribution < -0.4 is 10.6 Å². The Morgan fingerprint density at radius 2 is 1.96 bits per heavy atom. The van der Waals surface area contributed by atoms with Gasteiger partial charge >= 0.3 is 6.03 Å². The Kier molecular flexibility index (Phi) is 6.49. The predicted molar refractivity (Wildman–Crippen MR) is 110 cm³/mol. The van der Waals surface area contributed by atoms with E-state index in [2.05, 4.69) is 20.6 Å². The van der Waals surface area contributed by atoms with Crippen molar-refractivity contribution in [3.63, 3.8) is 0 Å². The van der Waals surface area contributed by atoms with Gasteiger partial charge in [-0.15, -0.1) is 0 Å². The summed E-state index contributed by atoms with van der Waals surface area (Å²) < 4.78 is 1.83. The smallest absolute Gasteiger partial charge is 0.314 e. The number of nitrogens with one attached hydrogen (secondary N) is 2. The Morgan fingerprint density at radius 1 is 1.18 bits per heavy atom.